The summed E-state index contributed by atoms with van der Waals surface area (Å²) in [6, 6.07) is 0. The van der Waals surface area contributed by atoms with Gasteiger partial charge in [0.05, 0.1) is 0 Å². The highest BCUT2D eigenvalue weighted by Gasteiger charge is 2.14. The first-order valence-corrected chi connectivity index (χ1v) is 5.47. The summed E-state index contributed by atoms with van der Waals surface area (Å²) in [4.78, 5) is 0. The average Bonchev–Trinajstić information content (AvgIpc) is 2.14. The summed E-state index contributed by atoms with van der Waals surface area (Å²) in [5.74, 6) is 0.650. The van der Waals surface area contributed by atoms with Crippen LogP contribution in [0.5, 0.6) is 0 Å². The molecule has 0 saturated carbocycles. The lowest BCUT2D eigenvalue weighted by molar-refractivity contribution is 0.514. The third kappa shape index (κ3) is 7.03. The van der Waals surface area contributed by atoms with Gasteiger partial charge < -0.3 is 0 Å². The molecule has 0 aromatic rings. The minimum Gasteiger partial charge on any atom is -0.124 e. The smallest absolute Gasteiger partial charge is 0.0135 e. The molecule has 0 spiro atoms. The molecular formula is C15H26. The van der Waals surface area contributed by atoms with Crippen molar-refractivity contribution in [3.63, 3.8) is 0 Å². The highest BCUT2D eigenvalue weighted by Crippen LogP contribution is 2.28. The van der Waals surface area contributed by atoms with E-state index in [0.29, 0.717) is 5.92 Å². The molecule has 0 amide bonds. The summed E-state index contributed by atoms with van der Waals surface area (Å²) >= 11 is 0. The molecule has 0 aliphatic carbocycles. The van der Waals surface area contributed by atoms with E-state index in [2.05, 4.69) is 73.5 Å². The van der Waals surface area contributed by atoms with Gasteiger partial charge in [0.25, 0.3) is 0 Å². The van der Waals surface area contributed by atoms with Gasteiger partial charge in [-0.3, -0.25) is 0 Å². The standard InChI is InChI=1S/C13H24.C2H2/c1-8-12(13(5,6)7)9-11(4)10(2)3;1-2/h8-10H,1-7H3;1-2H/b11-9+,12-8+;. The lowest BCUT2D eigenvalue weighted by Gasteiger charge is -2.21. The maximum atomic E-state index is 4.00. The van der Waals surface area contributed by atoms with Crippen molar-refractivity contribution in [3.05, 3.63) is 23.3 Å². The van der Waals surface area contributed by atoms with Crippen LogP contribution in [0.4, 0.5) is 0 Å². The summed E-state index contributed by atoms with van der Waals surface area (Å²) in [7, 11) is 0. The Hall–Kier alpha value is -0.960. The van der Waals surface area contributed by atoms with Crippen molar-refractivity contribution in [3.8, 4) is 12.8 Å². The van der Waals surface area contributed by atoms with E-state index in [-0.39, 0.29) is 5.41 Å². The Labute approximate surface area is 96.5 Å². The van der Waals surface area contributed by atoms with E-state index in [4.69, 9.17) is 0 Å². The van der Waals surface area contributed by atoms with Gasteiger partial charge in [0.1, 0.15) is 0 Å². The number of hydrogen-bond donors (Lipinski definition) is 0. The Bertz CT molecular complexity index is 241. The third-order valence-corrected chi connectivity index (χ3v) is 2.47. The van der Waals surface area contributed by atoms with Crippen molar-refractivity contribution in [2.75, 3.05) is 0 Å². The minimum absolute atomic E-state index is 0.269. The van der Waals surface area contributed by atoms with Gasteiger partial charge >= 0.3 is 0 Å². The second-order valence-electron chi connectivity index (χ2n) is 5.04. The van der Waals surface area contributed by atoms with Crippen LogP contribution in [0.25, 0.3) is 0 Å². The van der Waals surface area contributed by atoms with E-state index in [1.54, 1.807) is 0 Å². The van der Waals surface area contributed by atoms with Crippen molar-refractivity contribution >= 4 is 0 Å². The normalized spacial score (nSPS) is 13.5. The molecule has 0 nitrogen and oxygen atoms in total. The zero-order valence-corrected chi connectivity index (χ0v) is 11.4. The number of allylic oxidation sites excluding steroid dienone is 4. The van der Waals surface area contributed by atoms with E-state index in [1.165, 1.54) is 11.1 Å². The third-order valence-electron chi connectivity index (χ3n) is 2.47. The van der Waals surface area contributed by atoms with Gasteiger partial charge in [0.15, 0.2) is 0 Å². The van der Waals surface area contributed by atoms with Crippen LogP contribution in [0, 0.1) is 24.2 Å². The van der Waals surface area contributed by atoms with Gasteiger partial charge in [-0.05, 0) is 30.8 Å². The second kappa shape index (κ2) is 7.35. The second-order valence-corrected chi connectivity index (χ2v) is 5.04. The fourth-order valence-corrected chi connectivity index (χ4v) is 1.14. The first-order chi connectivity index (χ1) is 6.79. The molecule has 15 heavy (non-hydrogen) atoms. The zero-order chi connectivity index (χ0) is 12.6. The van der Waals surface area contributed by atoms with E-state index >= 15 is 0 Å². The van der Waals surface area contributed by atoms with Crippen molar-refractivity contribution in [2.24, 2.45) is 11.3 Å². The molecule has 0 heterocycles. The molecule has 0 unspecified atom stereocenters. The van der Waals surface area contributed by atoms with Crippen LogP contribution >= 0.6 is 0 Å². The lowest BCUT2D eigenvalue weighted by Crippen LogP contribution is -2.08. The van der Waals surface area contributed by atoms with Crippen LogP contribution in [-0.2, 0) is 0 Å². The Kier molecular flexibility index (Phi) is 8.07. The molecule has 0 N–H and O–H groups in total. The van der Waals surface area contributed by atoms with E-state index in [9.17, 15) is 0 Å². The Balaban J connectivity index is 0. The fourth-order valence-electron chi connectivity index (χ4n) is 1.14. The largest absolute Gasteiger partial charge is 0.124 e. The predicted octanol–water partition coefficient (Wildman–Crippen LogP) is 4.83. The van der Waals surface area contributed by atoms with Crippen molar-refractivity contribution in [2.45, 2.75) is 48.5 Å². The molecule has 0 bridgehead atoms. The summed E-state index contributed by atoms with van der Waals surface area (Å²) < 4.78 is 0. The molecule has 0 atom stereocenters. The maximum absolute atomic E-state index is 4.00. The van der Waals surface area contributed by atoms with Crippen molar-refractivity contribution in [1.29, 1.82) is 0 Å². The first kappa shape index (κ1) is 16.5. The zero-order valence-electron chi connectivity index (χ0n) is 11.4. The summed E-state index contributed by atoms with van der Waals surface area (Å²) in [6.45, 7) is 15.6. The Morgan fingerprint density at radius 2 is 1.53 bits per heavy atom. The Morgan fingerprint density at radius 3 is 1.73 bits per heavy atom. The molecule has 0 heteroatoms. The number of rotatable bonds is 2. The molecule has 0 rings (SSSR count). The molecule has 0 aromatic carbocycles. The highest BCUT2D eigenvalue weighted by atomic mass is 14.2. The summed E-state index contributed by atoms with van der Waals surface area (Å²) in [5, 5.41) is 0. The number of hydrogen-bond acceptors (Lipinski definition) is 0. The topological polar surface area (TPSA) is 0 Å². The van der Waals surface area contributed by atoms with Gasteiger partial charge in [0.2, 0.25) is 0 Å². The minimum atomic E-state index is 0.269. The van der Waals surface area contributed by atoms with Gasteiger partial charge in [0, 0.05) is 0 Å². The number of terminal acetylenes is 1. The van der Waals surface area contributed by atoms with Gasteiger partial charge in [-0.2, -0.15) is 0 Å². The maximum Gasteiger partial charge on any atom is -0.0135 e. The van der Waals surface area contributed by atoms with E-state index in [1.807, 2.05) is 0 Å². The van der Waals surface area contributed by atoms with Crippen LogP contribution in [0.2, 0.25) is 0 Å². The Morgan fingerprint density at radius 1 is 1.13 bits per heavy atom. The molecular weight excluding hydrogens is 180 g/mol. The van der Waals surface area contributed by atoms with Gasteiger partial charge in [-0.25, -0.2) is 0 Å². The van der Waals surface area contributed by atoms with E-state index in [0.717, 1.165) is 0 Å². The summed E-state index contributed by atoms with van der Waals surface area (Å²) in [6.07, 6.45) is 12.5. The van der Waals surface area contributed by atoms with Crippen molar-refractivity contribution in [1.82, 2.24) is 0 Å². The monoisotopic (exact) mass is 206 g/mol. The molecule has 0 fully saturated rings. The van der Waals surface area contributed by atoms with Crippen LogP contribution in [0.3, 0.4) is 0 Å². The van der Waals surface area contributed by atoms with Crippen LogP contribution in [0.15, 0.2) is 23.3 Å². The van der Waals surface area contributed by atoms with Crippen LogP contribution in [-0.4, -0.2) is 0 Å². The SMILES string of the molecule is C#C.C/C=C(\C=C(/C)C(C)C)C(C)(C)C. The van der Waals surface area contributed by atoms with Crippen molar-refractivity contribution < 1.29 is 0 Å². The molecule has 0 radical (unpaired) electrons. The molecule has 0 saturated heterocycles. The van der Waals surface area contributed by atoms with Crippen LogP contribution < -0.4 is 0 Å². The predicted molar refractivity (Wildman–Crippen MR) is 71.7 cm³/mol. The van der Waals surface area contributed by atoms with Crippen LogP contribution in [0.1, 0.15) is 48.5 Å². The first-order valence-electron chi connectivity index (χ1n) is 5.47. The molecule has 86 valence electrons. The molecule has 0 aliphatic heterocycles. The highest BCUT2D eigenvalue weighted by molar-refractivity contribution is 5.27. The quantitative estimate of drug-likeness (QED) is 0.448. The van der Waals surface area contributed by atoms with E-state index < -0.39 is 0 Å². The summed E-state index contributed by atoms with van der Waals surface area (Å²) in [5.41, 5.74) is 3.16. The van der Waals surface area contributed by atoms with Gasteiger partial charge in [-0.15, -0.1) is 12.8 Å². The lowest BCUT2D eigenvalue weighted by atomic mass is 9.84. The average molecular weight is 206 g/mol. The molecule has 0 aromatic heterocycles. The molecule has 0 aliphatic rings. The van der Waals surface area contributed by atoms with Gasteiger partial charge in [-0.1, -0.05) is 52.3 Å². The fraction of sp³-hybridized carbons (Fsp3) is 0.600.